The fourth-order valence-electron chi connectivity index (χ4n) is 0.932. The van der Waals surface area contributed by atoms with Crippen molar-refractivity contribution in [1.29, 1.82) is 0 Å². The SMILES string of the molecule is O=C(O)c1cc2c(Cl)ncnc2s1. The normalized spacial score (nSPS) is 10.5. The van der Waals surface area contributed by atoms with Crippen molar-refractivity contribution in [3.63, 3.8) is 0 Å². The minimum absolute atomic E-state index is 0.220. The molecule has 0 aromatic carbocycles. The van der Waals surface area contributed by atoms with Crippen LogP contribution in [-0.4, -0.2) is 21.0 Å². The van der Waals surface area contributed by atoms with E-state index in [1.807, 2.05) is 0 Å². The number of aromatic carboxylic acids is 1. The Morgan fingerprint density at radius 2 is 2.31 bits per heavy atom. The monoisotopic (exact) mass is 214 g/mol. The average molecular weight is 215 g/mol. The molecular formula is C7H3ClN2O2S. The van der Waals surface area contributed by atoms with E-state index in [9.17, 15) is 4.79 Å². The molecule has 2 aromatic heterocycles. The molecular weight excluding hydrogens is 212 g/mol. The predicted molar refractivity (Wildman–Crippen MR) is 49.4 cm³/mol. The molecule has 13 heavy (non-hydrogen) atoms. The lowest BCUT2D eigenvalue weighted by Crippen LogP contribution is -1.89. The molecule has 0 saturated heterocycles. The van der Waals surface area contributed by atoms with E-state index < -0.39 is 5.97 Å². The van der Waals surface area contributed by atoms with Gasteiger partial charge in [-0.25, -0.2) is 14.8 Å². The molecule has 0 aliphatic heterocycles. The van der Waals surface area contributed by atoms with E-state index >= 15 is 0 Å². The number of halogens is 1. The number of carboxylic acid groups (broad SMARTS) is 1. The summed E-state index contributed by atoms with van der Waals surface area (Å²) in [6, 6.07) is 1.48. The molecule has 0 fully saturated rings. The molecule has 4 nitrogen and oxygen atoms in total. The summed E-state index contributed by atoms with van der Waals surface area (Å²) in [4.78, 5) is 19.1. The first kappa shape index (κ1) is 8.40. The maximum atomic E-state index is 10.6. The minimum Gasteiger partial charge on any atom is -0.477 e. The van der Waals surface area contributed by atoms with Crippen LogP contribution in [0.25, 0.3) is 10.2 Å². The summed E-state index contributed by atoms with van der Waals surface area (Å²) < 4.78 is 0. The third-order valence-corrected chi connectivity index (χ3v) is 2.82. The highest BCUT2D eigenvalue weighted by atomic mass is 35.5. The molecule has 0 spiro atoms. The van der Waals surface area contributed by atoms with E-state index in [1.165, 1.54) is 12.4 Å². The molecule has 0 atom stereocenters. The molecule has 0 amide bonds. The van der Waals surface area contributed by atoms with Crippen molar-refractivity contribution in [1.82, 2.24) is 9.97 Å². The Balaban J connectivity index is 2.75. The van der Waals surface area contributed by atoms with Gasteiger partial charge in [0.1, 0.15) is 21.2 Å². The van der Waals surface area contributed by atoms with Crippen molar-refractivity contribution < 1.29 is 9.90 Å². The fraction of sp³-hybridized carbons (Fsp3) is 0. The Morgan fingerprint density at radius 1 is 1.54 bits per heavy atom. The molecule has 6 heteroatoms. The topological polar surface area (TPSA) is 63.1 Å². The van der Waals surface area contributed by atoms with Gasteiger partial charge < -0.3 is 5.11 Å². The van der Waals surface area contributed by atoms with Crippen LogP contribution in [-0.2, 0) is 0 Å². The largest absolute Gasteiger partial charge is 0.477 e. The summed E-state index contributed by atoms with van der Waals surface area (Å²) >= 11 is 6.82. The summed E-state index contributed by atoms with van der Waals surface area (Å²) in [6.45, 7) is 0. The molecule has 0 aliphatic rings. The second-order valence-electron chi connectivity index (χ2n) is 2.30. The Bertz CT molecular complexity index is 482. The van der Waals surface area contributed by atoms with E-state index in [0.29, 0.717) is 10.2 Å². The molecule has 0 radical (unpaired) electrons. The van der Waals surface area contributed by atoms with Gasteiger partial charge >= 0.3 is 5.97 Å². The zero-order chi connectivity index (χ0) is 9.42. The van der Waals surface area contributed by atoms with Gasteiger partial charge in [0.05, 0.1) is 0 Å². The van der Waals surface area contributed by atoms with Gasteiger partial charge in [0.15, 0.2) is 0 Å². The van der Waals surface area contributed by atoms with Gasteiger partial charge in [0, 0.05) is 5.39 Å². The van der Waals surface area contributed by atoms with Gasteiger partial charge in [-0.1, -0.05) is 11.6 Å². The molecule has 0 bridgehead atoms. The van der Waals surface area contributed by atoms with Gasteiger partial charge in [0.25, 0.3) is 0 Å². The van der Waals surface area contributed by atoms with Crippen molar-refractivity contribution in [3.05, 3.63) is 22.4 Å². The summed E-state index contributed by atoms with van der Waals surface area (Å²) in [7, 11) is 0. The van der Waals surface area contributed by atoms with E-state index in [1.54, 1.807) is 0 Å². The standard InChI is InChI=1S/C7H3ClN2O2S/c8-5-3-1-4(7(11)12)13-6(3)10-2-9-5/h1-2H,(H,11,12). The van der Waals surface area contributed by atoms with E-state index in [4.69, 9.17) is 16.7 Å². The molecule has 0 unspecified atom stereocenters. The van der Waals surface area contributed by atoms with Crippen molar-refractivity contribution in [2.75, 3.05) is 0 Å². The van der Waals surface area contributed by atoms with Crippen molar-refractivity contribution in [3.8, 4) is 0 Å². The molecule has 2 heterocycles. The highest BCUT2D eigenvalue weighted by molar-refractivity contribution is 7.20. The first-order valence-corrected chi connectivity index (χ1v) is 4.51. The van der Waals surface area contributed by atoms with Gasteiger partial charge in [0.2, 0.25) is 0 Å². The number of rotatable bonds is 1. The molecule has 66 valence electrons. The van der Waals surface area contributed by atoms with E-state index in [-0.39, 0.29) is 10.0 Å². The number of nitrogens with zero attached hydrogens (tertiary/aromatic N) is 2. The van der Waals surface area contributed by atoms with Crippen LogP contribution < -0.4 is 0 Å². The van der Waals surface area contributed by atoms with Gasteiger partial charge in [-0.3, -0.25) is 0 Å². The Morgan fingerprint density at radius 3 is 2.92 bits per heavy atom. The fourth-order valence-corrected chi connectivity index (χ4v) is 2.01. The van der Waals surface area contributed by atoms with Crippen LogP contribution in [0.3, 0.4) is 0 Å². The first-order valence-electron chi connectivity index (χ1n) is 3.32. The van der Waals surface area contributed by atoms with Crippen LogP contribution in [0.4, 0.5) is 0 Å². The number of carboxylic acids is 1. The molecule has 2 aromatic rings. The summed E-state index contributed by atoms with van der Waals surface area (Å²) in [5.74, 6) is -0.973. The second-order valence-corrected chi connectivity index (χ2v) is 3.69. The lowest BCUT2D eigenvalue weighted by molar-refractivity contribution is 0.0702. The molecule has 1 N–H and O–H groups in total. The maximum absolute atomic E-state index is 10.6. The summed E-state index contributed by atoms with van der Waals surface area (Å²) in [6.07, 6.45) is 1.31. The minimum atomic E-state index is -0.973. The van der Waals surface area contributed by atoms with Crippen LogP contribution in [0.2, 0.25) is 5.15 Å². The number of fused-ring (bicyclic) bond motifs is 1. The Labute approximate surface area is 81.8 Å². The Hall–Kier alpha value is -1.20. The first-order chi connectivity index (χ1) is 6.18. The molecule has 0 aliphatic carbocycles. The van der Waals surface area contributed by atoms with E-state index in [0.717, 1.165) is 11.3 Å². The van der Waals surface area contributed by atoms with Crippen LogP contribution in [0.5, 0.6) is 0 Å². The van der Waals surface area contributed by atoms with Crippen LogP contribution >= 0.6 is 22.9 Å². The average Bonchev–Trinajstić information content (AvgIpc) is 2.49. The second kappa shape index (κ2) is 2.93. The Kier molecular flexibility index (Phi) is 1.90. The molecule has 2 rings (SSSR count). The molecule has 0 saturated carbocycles. The lowest BCUT2D eigenvalue weighted by atomic mass is 10.4. The van der Waals surface area contributed by atoms with Crippen LogP contribution in [0.15, 0.2) is 12.4 Å². The highest BCUT2D eigenvalue weighted by Gasteiger charge is 2.11. The smallest absolute Gasteiger partial charge is 0.345 e. The third-order valence-electron chi connectivity index (χ3n) is 1.49. The zero-order valence-corrected chi connectivity index (χ0v) is 7.76. The number of aromatic nitrogens is 2. The van der Waals surface area contributed by atoms with Crippen molar-refractivity contribution in [2.45, 2.75) is 0 Å². The van der Waals surface area contributed by atoms with Crippen molar-refractivity contribution in [2.24, 2.45) is 0 Å². The number of carbonyl (C=O) groups is 1. The quantitative estimate of drug-likeness (QED) is 0.738. The predicted octanol–water partition coefficient (Wildman–Crippen LogP) is 2.04. The third kappa shape index (κ3) is 1.36. The number of hydrogen-bond acceptors (Lipinski definition) is 4. The lowest BCUT2D eigenvalue weighted by Gasteiger charge is -1.87. The highest BCUT2D eigenvalue weighted by Crippen LogP contribution is 2.27. The van der Waals surface area contributed by atoms with Crippen LogP contribution in [0, 0.1) is 0 Å². The number of hydrogen-bond donors (Lipinski definition) is 1. The summed E-state index contributed by atoms with van der Waals surface area (Å²) in [5, 5.41) is 9.57. The van der Waals surface area contributed by atoms with Gasteiger partial charge in [-0.15, -0.1) is 11.3 Å². The maximum Gasteiger partial charge on any atom is 0.345 e. The summed E-state index contributed by atoms with van der Waals surface area (Å²) in [5.41, 5.74) is 0. The van der Waals surface area contributed by atoms with Crippen LogP contribution in [0.1, 0.15) is 9.67 Å². The number of thiophene rings is 1. The van der Waals surface area contributed by atoms with Gasteiger partial charge in [-0.2, -0.15) is 0 Å². The van der Waals surface area contributed by atoms with Crippen molar-refractivity contribution >= 4 is 39.1 Å². The zero-order valence-electron chi connectivity index (χ0n) is 6.19. The van der Waals surface area contributed by atoms with Gasteiger partial charge in [-0.05, 0) is 6.07 Å². The van der Waals surface area contributed by atoms with E-state index in [2.05, 4.69) is 9.97 Å².